The highest BCUT2D eigenvalue weighted by atomic mass is 16.5. The number of hydrogen-bond donors (Lipinski definition) is 1. The second-order valence-electron chi connectivity index (χ2n) is 5.40. The summed E-state index contributed by atoms with van der Waals surface area (Å²) >= 11 is 0. The quantitative estimate of drug-likeness (QED) is 0.548. The molecule has 0 aliphatic carbocycles. The summed E-state index contributed by atoms with van der Waals surface area (Å²) in [5.41, 5.74) is 0. The van der Waals surface area contributed by atoms with Crippen molar-refractivity contribution in [1.82, 2.24) is 15.1 Å². The van der Waals surface area contributed by atoms with E-state index in [1.165, 1.54) is 0 Å². The molecule has 0 aromatic carbocycles. The summed E-state index contributed by atoms with van der Waals surface area (Å²) in [5, 5.41) is 3.43. The van der Waals surface area contributed by atoms with Gasteiger partial charge < -0.3 is 19.9 Å². The Morgan fingerprint density at radius 2 is 1.86 bits per heavy atom. The minimum Gasteiger partial charge on any atom is -0.378 e. The summed E-state index contributed by atoms with van der Waals surface area (Å²) in [4.78, 5) is 9.58. The van der Waals surface area contributed by atoms with Crippen molar-refractivity contribution in [3.8, 4) is 0 Å². The third-order valence-corrected chi connectivity index (χ3v) is 4.05. The van der Waals surface area contributed by atoms with Crippen LogP contribution in [0.25, 0.3) is 0 Å². The van der Waals surface area contributed by atoms with Gasteiger partial charge in [-0.3, -0.25) is 4.99 Å². The van der Waals surface area contributed by atoms with Gasteiger partial charge in [0.05, 0.1) is 12.6 Å². The largest absolute Gasteiger partial charge is 0.378 e. The molecule has 1 aliphatic heterocycles. The number of nitrogens with zero attached hydrogens (tertiary/aromatic N) is 3. The average molecular weight is 298 g/mol. The van der Waals surface area contributed by atoms with Gasteiger partial charge in [0.15, 0.2) is 5.96 Å². The zero-order chi connectivity index (χ0) is 15.5. The predicted octanol–water partition coefficient (Wildman–Crippen LogP) is 1.79. The monoisotopic (exact) mass is 298 g/mol. The third kappa shape index (κ3) is 6.66. The van der Waals surface area contributed by atoms with E-state index < -0.39 is 0 Å². The zero-order valence-electron chi connectivity index (χ0n) is 14.4. The molecule has 0 amide bonds. The van der Waals surface area contributed by atoms with Crippen molar-refractivity contribution < 1.29 is 4.74 Å². The number of likely N-dealkylation sites (N-methyl/N-ethyl adjacent to an activating group) is 1. The summed E-state index contributed by atoms with van der Waals surface area (Å²) in [5.74, 6) is 1.07. The molecule has 0 atom stereocenters. The van der Waals surface area contributed by atoms with E-state index in [0.29, 0.717) is 6.10 Å². The van der Waals surface area contributed by atoms with E-state index in [4.69, 9.17) is 9.73 Å². The number of ether oxygens (including phenoxy) is 1. The molecule has 5 heteroatoms. The standard InChI is InChI=1S/C16H34N4O/c1-5-17-16(18-11-14-19(6-2)7-3)20-12-9-15(10-13-20)21-8-4/h15H,5-14H2,1-4H3,(H,17,18). The fourth-order valence-corrected chi connectivity index (χ4v) is 2.73. The van der Waals surface area contributed by atoms with Crippen LogP contribution in [0.3, 0.4) is 0 Å². The highest BCUT2D eigenvalue weighted by Gasteiger charge is 2.21. The second kappa shape index (κ2) is 10.9. The highest BCUT2D eigenvalue weighted by molar-refractivity contribution is 5.80. The Bertz CT molecular complexity index is 284. The van der Waals surface area contributed by atoms with Gasteiger partial charge in [-0.15, -0.1) is 0 Å². The van der Waals surface area contributed by atoms with E-state index in [9.17, 15) is 0 Å². The van der Waals surface area contributed by atoms with Crippen LogP contribution < -0.4 is 5.32 Å². The molecule has 0 bridgehead atoms. The van der Waals surface area contributed by atoms with Crippen LogP contribution in [-0.4, -0.2) is 74.3 Å². The van der Waals surface area contributed by atoms with Gasteiger partial charge in [0.1, 0.15) is 0 Å². The van der Waals surface area contributed by atoms with Crippen LogP contribution in [0.15, 0.2) is 4.99 Å². The van der Waals surface area contributed by atoms with Crippen molar-refractivity contribution in [1.29, 1.82) is 0 Å². The Kier molecular flexibility index (Phi) is 9.42. The molecular formula is C16H34N4O. The van der Waals surface area contributed by atoms with Gasteiger partial charge in [-0.1, -0.05) is 13.8 Å². The van der Waals surface area contributed by atoms with Crippen molar-refractivity contribution in [2.45, 2.75) is 46.6 Å². The molecule has 0 aromatic heterocycles. The van der Waals surface area contributed by atoms with E-state index in [2.05, 4.69) is 42.8 Å². The number of nitrogens with one attached hydrogen (secondary N) is 1. The Labute approximate surface area is 130 Å². The van der Waals surface area contributed by atoms with Gasteiger partial charge in [0.25, 0.3) is 0 Å². The van der Waals surface area contributed by atoms with Crippen molar-refractivity contribution in [2.24, 2.45) is 4.99 Å². The summed E-state index contributed by atoms with van der Waals surface area (Å²) in [7, 11) is 0. The SMILES string of the molecule is CCNC(=NCCN(CC)CC)N1CCC(OCC)CC1. The molecule has 1 heterocycles. The molecule has 0 saturated carbocycles. The fraction of sp³-hybridized carbons (Fsp3) is 0.938. The molecule has 0 radical (unpaired) electrons. The van der Waals surface area contributed by atoms with E-state index in [1.54, 1.807) is 0 Å². The maximum Gasteiger partial charge on any atom is 0.193 e. The van der Waals surface area contributed by atoms with Crippen LogP contribution >= 0.6 is 0 Å². The first-order valence-corrected chi connectivity index (χ1v) is 8.62. The highest BCUT2D eigenvalue weighted by Crippen LogP contribution is 2.13. The normalized spacial score (nSPS) is 17.6. The van der Waals surface area contributed by atoms with Gasteiger partial charge in [0, 0.05) is 32.8 Å². The van der Waals surface area contributed by atoms with E-state index in [1.807, 2.05) is 0 Å². The predicted molar refractivity (Wildman–Crippen MR) is 90.0 cm³/mol. The third-order valence-electron chi connectivity index (χ3n) is 4.05. The molecule has 1 aliphatic rings. The van der Waals surface area contributed by atoms with E-state index in [-0.39, 0.29) is 0 Å². The van der Waals surface area contributed by atoms with Crippen LogP contribution in [0.1, 0.15) is 40.5 Å². The lowest BCUT2D eigenvalue weighted by molar-refractivity contribution is 0.0263. The summed E-state index contributed by atoms with van der Waals surface area (Å²) in [6.07, 6.45) is 2.65. The number of rotatable bonds is 8. The molecule has 0 unspecified atom stereocenters. The lowest BCUT2D eigenvalue weighted by atomic mass is 10.1. The maximum absolute atomic E-state index is 5.72. The van der Waals surface area contributed by atoms with Crippen molar-refractivity contribution in [3.63, 3.8) is 0 Å². The van der Waals surface area contributed by atoms with Crippen molar-refractivity contribution in [2.75, 3.05) is 52.4 Å². The molecule has 1 N–H and O–H groups in total. The van der Waals surface area contributed by atoms with Gasteiger partial charge in [0.2, 0.25) is 0 Å². The lowest BCUT2D eigenvalue weighted by Crippen LogP contribution is -2.47. The lowest BCUT2D eigenvalue weighted by Gasteiger charge is -2.34. The molecule has 1 fully saturated rings. The summed E-state index contributed by atoms with van der Waals surface area (Å²) < 4.78 is 5.72. The number of aliphatic imine (C=N–C) groups is 1. The smallest absolute Gasteiger partial charge is 0.193 e. The summed E-state index contributed by atoms with van der Waals surface area (Å²) in [6.45, 7) is 16.6. The molecule has 124 valence electrons. The van der Waals surface area contributed by atoms with Gasteiger partial charge >= 0.3 is 0 Å². The van der Waals surface area contributed by atoms with Gasteiger partial charge in [-0.2, -0.15) is 0 Å². The van der Waals surface area contributed by atoms with Gasteiger partial charge in [-0.25, -0.2) is 0 Å². The minimum atomic E-state index is 0.435. The first-order chi connectivity index (χ1) is 10.2. The van der Waals surface area contributed by atoms with Crippen LogP contribution in [0.4, 0.5) is 0 Å². The molecule has 1 rings (SSSR count). The van der Waals surface area contributed by atoms with Crippen molar-refractivity contribution in [3.05, 3.63) is 0 Å². The first kappa shape index (κ1) is 18.2. The molecule has 0 spiro atoms. The van der Waals surface area contributed by atoms with Gasteiger partial charge in [-0.05, 0) is 39.8 Å². The molecule has 1 saturated heterocycles. The topological polar surface area (TPSA) is 40.1 Å². The zero-order valence-corrected chi connectivity index (χ0v) is 14.4. The Morgan fingerprint density at radius 1 is 1.19 bits per heavy atom. The molecule has 5 nitrogen and oxygen atoms in total. The van der Waals surface area contributed by atoms with Crippen LogP contribution in [-0.2, 0) is 4.74 Å². The minimum absolute atomic E-state index is 0.435. The summed E-state index contributed by atoms with van der Waals surface area (Å²) in [6, 6.07) is 0. The van der Waals surface area contributed by atoms with Crippen LogP contribution in [0, 0.1) is 0 Å². The Morgan fingerprint density at radius 3 is 2.38 bits per heavy atom. The number of piperidine rings is 1. The number of guanidine groups is 1. The molecule has 0 aromatic rings. The van der Waals surface area contributed by atoms with Crippen LogP contribution in [0.5, 0.6) is 0 Å². The number of hydrogen-bond acceptors (Lipinski definition) is 3. The Hall–Kier alpha value is -0.810. The van der Waals surface area contributed by atoms with Crippen LogP contribution in [0.2, 0.25) is 0 Å². The second-order valence-corrected chi connectivity index (χ2v) is 5.40. The average Bonchev–Trinajstić information content (AvgIpc) is 2.52. The van der Waals surface area contributed by atoms with E-state index in [0.717, 1.165) is 71.2 Å². The fourth-order valence-electron chi connectivity index (χ4n) is 2.73. The maximum atomic E-state index is 5.72. The molecule has 21 heavy (non-hydrogen) atoms. The first-order valence-electron chi connectivity index (χ1n) is 8.62. The van der Waals surface area contributed by atoms with Crippen molar-refractivity contribution >= 4 is 5.96 Å². The Balaban J connectivity index is 2.45. The number of likely N-dealkylation sites (tertiary alicyclic amines) is 1. The molecular weight excluding hydrogens is 264 g/mol. The van der Waals surface area contributed by atoms with E-state index >= 15 is 0 Å².